The molecular weight excluding hydrogens is 356 g/mol. The smallest absolute Gasteiger partial charge is 0.317 e. The van der Waals surface area contributed by atoms with E-state index in [1.165, 1.54) is 5.56 Å². The highest BCUT2D eigenvalue weighted by Crippen LogP contribution is 2.32. The Bertz CT molecular complexity index is 822. The summed E-state index contributed by atoms with van der Waals surface area (Å²) in [5.41, 5.74) is 2.26. The van der Waals surface area contributed by atoms with E-state index in [0.717, 1.165) is 55.2 Å². The number of carbonyl (C=O) groups excluding carboxylic acids is 1. The first-order valence-electron chi connectivity index (χ1n) is 9.78. The molecule has 2 aliphatic rings. The van der Waals surface area contributed by atoms with Crippen LogP contribution in [0.15, 0.2) is 42.5 Å². The molecule has 0 aliphatic carbocycles. The van der Waals surface area contributed by atoms with Crippen molar-refractivity contribution in [2.45, 2.75) is 31.7 Å². The Morgan fingerprint density at radius 2 is 1.96 bits per heavy atom. The summed E-state index contributed by atoms with van der Waals surface area (Å²) in [7, 11) is 1.67. The number of benzene rings is 2. The van der Waals surface area contributed by atoms with Gasteiger partial charge in [0.25, 0.3) is 0 Å². The van der Waals surface area contributed by atoms with Gasteiger partial charge in [0.05, 0.1) is 7.11 Å². The number of rotatable bonds is 4. The summed E-state index contributed by atoms with van der Waals surface area (Å²) in [5, 5.41) is 3.05. The van der Waals surface area contributed by atoms with E-state index in [1.54, 1.807) is 7.11 Å². The summed E-state index contributed by atoms with van der Waals surface area (Å²) in [6.07, 6.45) is 3.25. The van der Waals surface area contributed by atoms with Gasteiger partial charge in [-0.1, -0.05) is 24.6 Å². The molecule has 2 aliphatic heterocycles. The van der Waals surface area contributed by atoms with Crippen LogP contribution in [0.4, 0.5) is 4.79 Å². The maximum atomic E-state index is 12.8. The maximum absolute atomic E-state index is 12.8. The third-order valence-electron chi connectivity index (χ3n) is 5.43. The molecule has 2 amide bonds. The molecule has 0 saturated carbocycles. The molecule has 0 radical (unpaired) electrons. The highest BCUT2D eigenvalue weighted by Gasteiger charge is 2.23. The summed E-state index contributed by atoms with van der Waals surface area (Å²) in [5.74, 6) is 2.70. The molecule has 1 atom stereocenters. The number of amides is 2. The van der Waals surface area contributed by atoms with Crippen molar-refractivity contribution in [1.82, 2.24) is 10.2 Å². The van der Waals surface area contributed by atoms with Gasteiger partial charge < -0.3 is 24.4 Å². The largest absolute Gasteiger partial charge is 0.497 e. The Labute approximate surface area is 165 Å². The quantitative estimate of drug-likeness (QED) is 0.871. The molecule has 0 spiro atoms. The van der Waals surface area contributed by atoms with Gasteiger partial charge in [-0.2, -0.15) is 0 Å². The molecule has 148 valence electrons. The highest BCUT2D eigenvalue weighted by molar-refractivity contribution is 5.74. The number of hydrogen-bond donors (Lipinski definition) is 1. The van der Waals surface area contributed by atoms with Crippen LogP contribution in [0.3, 0.4) is 0 Å². The van der Waals surface area contributed by atoms with Crippen LogP contribution in [-0.4, -0.2) is 37.9 Å². The van der Waals surface area contributed by atoms with Crippen LogP contribution in [0.1, 0.15) is 36.3 Å². The van der Waals surface area contributed by atoms with Gasteiger partial charge in [-0.25, -0.2) is 4.79 Å². The molecule has 0 bridgehead atoms. The normalized spacial score (nSPS) is 18.5. The van der Waals surface area contributed by atoms with Gasteiger partial charge in [-0.3, -0.25) is 0 Å². The lowest BCUT2D eigenvalue weighted by atomic mass is 9.94. The fraction of sp³-hybridized carbons (Fsp3) is 0.409. The van der Waals surface area contributed by atoms with Gasteiger partial charge >= 0.3 is 6.03 Å². The van der Waals surface area contributed by atoms with E-state index in [1.807, 2.05) is 35.2 Å². The predicted molar refractivity (Wildman–Crippen MR) is 106 cm³/mol. The number of fused-ring (bicyclic) bond motifs is 1. The van der Waals surface area contributed by atoms with E-state index in [2.05, 4.69) is 17.4 Å². The minimum atomic E-state index is -0.0157. The van der Waals surface area contributed by atoms with Gasteiger partial charge in [-0.15, -0.1) is 0 Å². The van der Waals surface area contributed by atoms with Crippen molar-refractivity contribution >= 4 is 6.03 Å². The van der Waals surface area contributed by atoms with Crippen LogP contribution in [0.25, 0.3) is 0 Å². The van der Waals surface area contributed by atoms with E-state index in [9.17, 15) is 4.79 Å². The lowest BCUT2D eigenvalue weighted by Crippen LogP contribution is -2.41. The van der Waals surface area contributed by atoms with E-state index in [4.69, 9.17) is 14.2 Å². The molecule has 6 heteroatoms. The van der Waals surface area contributed by atoms with Crippen LogP contribution in [0.5, 0.6) is 17.2 Å². The SMILES string of the molecule is COc1ccc([C@H]2CCCCN(C(=O)NCc3ccc4c(c3)OCO4)C2)cc1. The Kier molecular flexibility index (Phi) is 5.55. The van der Waals surface area contributed by atoms with Crippen molar-refractivity contribution in [3.8, 4) is 17.2 Å². The van der Waals surface area contributed by atoms with Crippen molar-refractivity contribution in [1.29, 1.82) is 0 Å². The highest BCUT2D eigenvalue weighted by atomic mass is 16.7. The number of methoxy groups -OCH3 is 1. The molecule has 2 aromatic carbocycles. The lowest BCUT2D eigenvalue weighted by Gasteiger charge is -2.25. The topological polar surface area (TPSA) is 60.0 Å². The summed E-state index contributed by atoms with van der Waals surface area (Å²) in [6.45, 7) is 2.25. The second-order valence-electron chi connectivity index (χ2n) is 7.26. The molecule has 2 heterocycles. The zero-order chi connectivity index (χ0) is 19.3. The van der Waals surface area contributed by atoms with Crippen molar-refractivity contribution < 1.29 is 19.0 Å². The minimum absolute atomic E-state index is 0.0157. The van der Waals surface area contributed by atoms with Gasteiger partial charge in [0.2, 0.25) is 6.79 Å². The fourth-order valence-electron chi connectivity index (χ4n) is 3.82. The molecular formula is C22H26N2O4. The van der Waals surface area contributed by atoms with E-state index in [0.29, 0.717) is 12.5 Å². The summed E-state index contributed by atoms with van der Waals surface area (Å²) < 4.78 is 16.0. The standard InChI is InChI=1S/C22H26N2O4/c1-26-19-8-6-17(7-9-19)18-4-2-3-11-24(14-18)22(25)23-13-16-5-10-20-21(12-16)28-15-27-20/h5-10,12,18H,2-4,11,13-15H2,1H3,(H,23,25)/t18-/m0/s1. The van der Waals surface area contributed by atoms with E-state index < -0.39 is 0 Å². The fourth-order valence-corrected chi connectivity index (χ4v) is 3.82. The zero-order valence-electron chi connectivity index (χ0n) is 16.1. The molecule has 1 N–H and O–H groups in total. The van der Waals surface area contributed by atoms with Crippen LogP contribution >= 0.6 is 0 Å². The predicted octanol–water partition coefficient (Wildman–Crippen LogP) is 3.90. The summed E-state index contributed by atoms with van der Waals surface area (Å²) >= 11 is 0. The minimum Gasteiger partial charge on any atom is -0.497 e. The molecule has 0 unspecified atom stereocenters. The molecule has 2 aromatic rings. The van der Waals surface area contributed by atoms with Gasteiger partial charge in [0, 0.05) is 25.6 Å². The number of carbonyl (C=O) groups is 1. The first kappa shape index (κ1) is 18.5. The van der Waals surface area contributed by atoms with Crippen molar-refractivity contribution in [2.75, 3.05) is 27.0 Å². The molecule has 4 rings (SSSR count). The maximum Gasteiger partial charge on any atom is 0.317 e. The number of ether oxygens (including phenoxy) is 3. The van der Waals surface area contributed by atoms with Crippen LogP contribution in [-0.2, 0) is 6.54 Å². The Morgan fingerprint density at radius 1 is 1.14 bits per heavy atom. The Morgan fingerprint density at radius 3 is 2.79 bits per heavy atom. The number of nitrogens with one attached hydrogen (secondary N) is 1. The number of nitrogens with zero attached hydrogens (tertiary/aromatic N) is 1. The lowest BCUT2D eigenvalue weighted by molar-refractivity contribution is 0.174. The van der Waals surface area contributed by atoms with Crippen molar-refractivity contribution in [2.24, 2.45) is 0 Å². The molecule has 1 fully saturated rings. The molecule has 28 heavy (non-hydrogen) atoms. The molecule has 1 saturated heterocycles. The Balaban J connectivity index is 1.37. The number of urea groups is 1. The van der Waals surface area contributed by atoms with E-state index >= 15 is 0 Å². The number of hydrogen-bond acceptors (Lipinski definition) is 4. The first-order valence-corrected chi connectivity index (χ1v) is 9.78. The van der Waals surface area contributed by atoms with Crippen molar-refractivity contribution in [3.05, 3.63) is 53.6 Å². The van der Waals surface area contributed by atoms with Gasteiger partial charge in [0.15, 0.2) is 11.5 Å². The zero-order valence-corrected chi connectivity index (χ0v) is 16.1. The first-order chi connectivity index (χ1) is 13.7. The molecule has 6 nitrogen and oxygen atoms in total. The second-order valence-corrected chi connectivity index (χ2v) is 7.26. The van der Waals surface area contributed by atoms with Gasteiger partial charge in [0.1, 0.15) is 5.75 Å². The average Bonchev–Trinajstić information content (AvgIpc) is 3.06. The summed E-state index contributed by atoms with van der Waals surface area (Å²) in [4.78, 5) is 14.7. The van der Waals surface area contributed by atoms with Crippen LogP contribution < -0.4 is 19.5 Å². The summed E-state index contributed by atoms with van der Waals surface area (Å²) in [6, 6.07) is 13.9. The van der Waals surface area contributed by atoms with E-state index in [-0.39, 0.29) is 12.8 Å². The third kappa shape index (κ3) is 4.16. The van der Waals surface area contributed by atoms with Crippen LogP contribution in [0.2, 0.25) is 0 Å². The third-order valence-corrected chi connectivity index (χ3v) is 5.43. The monoisotopic (exact) mass is 382 g/mol. The average molecular weight is 382 g/mol. The molecule has 0 aromatic heterocycles. The van der Waals surface area contributed by atoms with Crippen molar-refractivity contribution in [3.63, 3.8) is 0 Å². The van der Waals surface area contributed by atoms with Gasteiger partial charge in [-0.05, 0) is 48.2 Å². The second kappa shape index (κ2) is 8.42. The van der Waals surface area contributed by atoms with Crippen LogP contribution in [0, 0.1) is 0 Å². The number of likely N-dealkylation sites (tertiary alicyclic amines) is 1. The Hall–Kier alpha value is -2.89.